The lowest BCUT2D eigenvalue weighted by Gasteiger charge is -2.29. The number of hydrogen-bond acceptors (Lipinski definition) is 5. The number of aliphatic hydroxyl groups is 1. The van der Waals surface area contributed by atoms with Crippen LogP contribution in [0.2, 0.25) is 0 Å². The van der Waals surface area contributed by atoms with Crippen LogP contribution >= 0.6 is 0 Å². The quantitative estimate of drug-likeness (QED) is 0.303. The van der Waals surface area contributed by atoms with Crippen molar-refractivity contribution in [2.75, 3.05) is 17.2 Å². The van der Waals surface area contributed by atoms with Gasteiger partial charge in [-0.05, 0) is 78.3 Å². The molecule has 1 aliphatic rings. The van der Waals surface area contributed by atoms with Crippen molar-refractivity contribution in [3.63, 3.8) is 0 Å². The number of carboxylic acids is 1. The number of rotatable bonds is 9. The van der Waals surface area contributed by atoms with E-state index in [2.05, 4.69) is 36.6 Å². The highest BCUT2D eigenvalue weighted by Crippen LogP contribution is 2.26. The fraction of sp³-hybridized carbons (Fsp3) is 0.310. The van der Waals surface area contributed by atoms with E-state index < -0.39 is 18.4 Å². The van der Waals surface area contributed by atoms with Crippen molar-refractivity contribution in [3.05, 3.63) is 83.9 Å². The first-order valence-corrected chi connectivity index (χ1v) is 12.4. The first-order chi connectivity index (χ1) is 17.4. The molecule has 0 aliphatic carbocycles. The SMILES string of the molecule is CCC(C)c1ccc(NC(O)N2CCC[C@@H]2C(=O)Nc2ccc(-c3ccc(C(=O)O)cc3)cc2)cc1. The summed E-state index contributed by atoms with van der Waals surface area (Å²) in [6, 6.07) is 21.7. The van der Waals surface area contributed by atoms with Gasteiger partial charge in [0.2, 0.25) is 5.91 Å². The molecule has 1 fully saturated rings. The van der Waals surface area contributed by atoms with Crippen molar-refractivity contribution in [2.24, 2.45) is 0 Å². The predicted molar refractivity (Wildman–Crippen MR) is 142 cm³/mol. The number of likely N-dealkylation sites (tertiary alicyclic amines) is 1. The highest BCUT2D eigenvalue weighted by Gasteiger charge is 2.35. The molecular weight excluding hydrogens is 454 g/mol. The Balaban J connectivity index is 1.36. The van der Waals surface area contributed by atoms with Crippen LogP contribution in [-0.2, 0) is 4.79 Å². The zero-order valence-corrected chi connectivity index (χ0v) is 20.6. The van der Waals surface area contributed by atoms with Crippen LogP contribution in [0, 0.1) is 0 Å². The number of anilines is 2. The second-order valence-electron chi connectivity index (χ2n) is 9.29. The molecule has 36 heavy (non-hydrogen) atoms. The second-order valence-corrected chi connectivity index (χ2v) is 9.29. The minimum Gasteiger partial charge on any atom is -0.478 e. The molecule has 1 saturated heterocycles. The van der Waals surface area contributed by atoms with Gasteiger partial charge in [-0.15, -0.1) is 0 Å². The van der Waals surface area contributed by atoms with Gasteiger partial charge in [0.1, 0.15) is 0 Å². The molecule has 0 bridgehead atoms. The van der Waals surface area contributed by atoms with Crippen molar-refractivity contribution >= 4 is 23.3 Å². The molecule has 1 heterocycles. The smallest absolute Gasteiger partial charge is 0.335 e. The van der Waals surface area contributed by atoms with E-state index in [1.807, 2.05) is 36.4 Å². The lowest BCUT2D eigenvalue weighted by molar-refractivity contribution is -0.123. The number of amides is 1. The van der Waals surface area contributed by atoms with E-state index in [-0.39, 0.29) is 11.5 Å². The highest BCUT2D eigenvalue weighted by atomic mass is 16.4. The Morgan fingerprint density at radius 3 is 2.11 bits per heavy atom. The fourth-order valence-electron chi connectivity index (χ4n) is 4.52. The van der Waals surface area contributed by atoms with Gasteiger partial charge in [0.15, 0.2) is 6.35 Å². The van der Waals surface area contributed by atoms with Gasteiger partial charge < -0.3 is 20.8 Å². The third-order valence-electron chi connectivity index (χ3n) is 6.92. The molecule has 1 aliphatic heterocycles. The normalized spacial score (nSPS) is 17.4. The second kappa shape index (κ2) is 11.4. The Labute approximate surface area is 211 Å². The van der Waals surface area contributed by atoms with Crippen LogP contribution in [0.5, 0.6) is 0 Å². The molecular formula is C29H33N3O4. The van der Waals surface area contributed by atoms with Crippen molar-refractivity contribution in [3.8, 4) is 11.1 Å². The zero-order valence-electron chi connectivity index (χ0n) is 20.6. The Bertz CT molecular complexity index is 1180. The van der Waals surface area contributed by atoms with Crippen LogP contribution in [0.15, 0.2) is 72.8 Å². The maximum Gasteiger partial charge on any atom is 0.335 e. The monoisotopic (exact) mass is 487 g/mol. The van der Waals surface area contributed by atoms with Crippen molar-refractivity contribution < 1.29 is 19.8 Å². The van der Waals surface area contributed by atoms with Gasteiger partial charge in [-0.2, -0.15) is 0 Å². The summed E-state index contributed by atoms with van der Waals surface area (Å²) in [4.78, 5) is 25.9. The molecule has 3 atom stereocenters. The van der Waals surface area contributed by atoms with Gasteiger partial charge in [-0.3, -0.25) is 4.79 Å². The minimum absolute atomic E-state index is 0.154. The lowest BCUT2D eigenvalue weighted by Crippen LogP contribution is -2.48. The van der Waals surface area contributed by atoms with Gasteiger partial charge in [-0.25, -0.2) is 9.69 Å². The molecule has 2 unspecified atom stereocenters. The van der Waals surface area contributed by atoms with E-state index in [0.29, 0.717) is 24.6 Å². The lowest BCUT2D eigenvalue weighted by atomic mass is 9.99. The van der Waals surface area contributed by atoms with Gasteiger partial charge in [0.25, 0.3) is 0 Å². The summed E-state index contributed by atoms with van der Waals surface area (Å²) in [6.45, 7) is 4.98. The number of carbonyl (C=O) groups excluding carboxylic acids is 1. The number of carbonyl (C=O) groups is 2. The Kier molecular flexibility index (Phi) is 8.03. The molecule has 4 rings (SSSR count). The predicted octanol–water partition coefficient (Wildman–Crippen LogP) is 5.36. The van der Waals surface area contributed by atoms with E-state index in [1.54, 1.807) is 29.2 Å². The fourth-order valence-corrected chi connectivity index (χ4v) is 4.52. The molecule has 1 amide bonds. The number of aromatic carboxylic acids is 1. The summed E-state index contributed by atoms with van der Waals surface area (Å²) in [5.74, 6) is -0.624. The van der Waals surface area contributed by atoms with E-state index in [1.165, 1.54) is 5.56 Å². The summed E-state index contributed by atoms with van der Waals surface area (Å²) in [7, 11) is 0. The molecule has 3 aromatic carbocycles. The summed E-state index contributed by atoms with van der Waals surface area (Å²) < 4.78 is 0. The Hall–Kier alpha value is -3.68. The number of aliphatic hydroxyl groups excluding tert-OH is 1. The summed E-state index contributed by atoms with van der Waals surface area (Å²) in [6.07, 6.45) is 1.61. The molecule has 0 aromatic heterocycles. The summed E-state index contributed by atoms with van der Waals surface area (Å²) in [5, 5.41) is 26.0. The minimum atomic E-state index is -0.964. The van der Waals surface area contributed by atoms with Gasteiger partial charge in [-0.1, -0.05) is 50.2 Å². The van der Waals surface area contributed by atoms with E-state index in [0.717, 1.165) is 29.7 Å². The average Bonchev–Trinajstić information content (AvgIpc) is 3.40. The van der Waals surface area contributed by atoms with E-state index >= 15 is 0 Å². The molecule has 3 aromatic rings. The first kappa shape index (κ1) is 25.4. The molecule has 7 nitrogen and oxygen atoms in total. The first-order valence-electron chi connectivity index (χ1n) is 12.4. The van der Waals surface area contributed by atoms with Crippen LogP contribution < -0.4 is 10.6 Å². The molecule has 0 spiro atoms. The Morgan fingerprint density at radius 1 is 0.944 bits per heavy atom. The number of benzene rings is 3. The van der Waals surface area contributed by atoms with Crippen molar-refractivity contribution in [1.29, 1.82) is 0 Å². The van der Waals surface area contributed by atoms with Gasteiger partial charge in [0.05, 0.1) is 11.6 Å². The van der Waals surface area contributed by atoms with Crippen LogP contribution in [0.3, 0.4) is 0 Å². The molecule has 7 heteroatoms. The number of nitrogens with zero attached hydrogens (tertiary/aromatic N) is 1. The molecule has 4 N–H and O–H groups in total. The number of carboxylic acid groups (broad SMARTS) is 1. The summed E-state index contributed by atoms with van der Waals surface area (Å²) >= 11 is 0. The van der Waals surface area contributed by atoms with Crippen LogP contribution in [0.25, 0.3) is 11.1 Å². The van der Waals surface area contributed by atoms with E-state index in [9.17, 15) is 14.7 Å². The van der Waals surface area contributed by atoms with Crippen LogP contribution in [0.4, 0.5) is 11.4 Å². The molecule has 0 radical (unpaired) electrons. The Morgan fingerprint density at radius 2 is 1.53 bits per heavy atom. The molecule has 188 valence electrons. The van der Waals surface area contributed by atoms with Crippen molar-refractivity contribution in [1.82, 2.24) is 4.90 Å². The van der Waals surface area contributed by atoms with Crippen LogP contribution in [0.1, 0.15) is 54.9 Å². The molecule has 0 saturated carbocycles. The largest absolute Gasteiger partial charge is 0.478 e. The van der Waals surface area contributed by atoms with Gasteiger partial charge >= 0.3 is 5.97 Å². The van der Waals surface area contributed by atoms with Gasteiger partial charge in [0, 0.05) is 17.9 Å². The standard InChI is InChI=1S/C29H33N3O4/c1-3-19(2)20-10-14-25(15-11-20)31-29(36)32-18-4-5-26(32)27(33)30-24-16-12-22(13-17-24)21-6-8-23(9-7-21)28(34)35/h6-17,19,26,29,31,36H,3-5,18H2,1-2H3,(H,30,33)(H,34,35)/t19?,26-,29?/m1/s1. The third kappa shape index (κ3) is 5.93. The summed E-state index contributed by atoms with van der Waals surface area (Å²) in [5.41, 5.74) is 4.80. The van der Waals surface area contributed by atoms with Crippen molar-refractivity contribution in [2.45, 2.75) is 51.4 Å². The number of nitrogens with one attached hydrogen (secondary N) is 2. The number of hydrogen-bond donors (Lipinski definition) is 4. The maximum atomic E-state index is 13.0. The third-order valence-corrected chi connectivity index (χ3v) is 6.92. The maximum absolute atomic E-state index is 13.0. The van der Waals surface area contributed by atoms with Crippen LogP contribution in [-0.4, -0.2) is 45.9 Å². The zero-order chi connectivity index (χ0) is 25.7. The highest BCUT2D eigenvalue weighted by molar-refractivity contribution is 5.95. The topological polar surface area (TPSA) is 102 Å². The average molecular weight is 488 g/mol. The van der Waals surface area contributed by atoms with E-state index in [4.69, 9.17) is 5.11 Å².